The minimum absolute atomic E-state index is 0.0526. The zero-order valence-corrected chi connectivity index (χ0v) is 14.4. The number of amides is 1. The lowest BCUT2D eigenvalue weighted by Gasteiger charge is -2.09. The van der Waals surface area contributed by atoms with Gasteiger partial charge in [-0.3, -0.25) is 4.79 Å². The van der Waals surface area contributed by atoms with E-state index in [1.807, 2.05) is 42.5 Å². The Bertz CT molecular complexity index is 597. The van der Waals surface area contributed by atoms with Crippen LogP contribution in [0.15, 0.2) is 59.5 Å². The number of benzene rings is 2. The lowest BCUT2D eigenvalue weighted by molar-refractivity contribution is -0.122. The Hall–Kier alpha value is -1.94. The van der Waals surface area contributed by atoms with E-state index in [0.29, 0.717) is 12.5 Å². The highest BCUT2D eigenvalue weighted by Gasteiger charge is 2.03. The molecule has 1 amide bonds. The summed E-state index contributed by atoms with van der Waals surface area (Å²) in [5.41, 5.74) is 1.26. The fourth-order valence-electron chi connectivity index (χ4n) is 2.02. The molecule has 3 nitrogen and oxygen atoms in total. The normalized spacial score (nSPS) is 10.6. The van der Waals surface area contributed by atoms with Crippen LogP contribution in [0.5, 0.6) is 5.75 Å². The summed E-state index contributed by atoms with van der Waals surface area (Å²) in [7, 11) is 0. The highest BCUT2D eigenvalue weighted by molar-refractivity contribution is 7.99. The second-order valence-corrected chi connectivity index (χ2v) is 6.69. The number of hydrogen-bond acceptors (Lipinski definition) is 3. The van der Waals surface area contributed by atoms with Gasteiger partial charge in [-0.15, -0.1) is 11.8 Å². The molecule has 4 heteroatoms. The van der Waals surface area contributed by atoms with E-state index in [2.05, 4.69) is 31.3 Å². The molecule has 0 aliphatic carbocycles. The van der Waals surface area contributed by atoms with E-state index in [-0.39, 0.29) is 12.5 Å². The topological polar surface area (TPSA) is 38.3 Å². The first-order valence-electron chi connectivity index (χ1n) is 7.82. The van der Waals surface area contributed by atoms with Crippen molar-refractivity contribution in [2.75, 3.05) is 18.9 Å². The number of nitrogens with one attached hydrogen (secondary N) is 1. The molecule has 2 aromatic carbocycles. The summed E-state index contributed by atoms with van der Waals surface area (Å²) in [4.78, 5) is 13.0. The van der Waals surface area contributed by atoms with Gasteiger partial charge in [0.15, 0.2) is 6.61 Å². The van der Waals surface area contributed by atoms with Gasteiger partial charge in [0.1, 0.15) is 5.75 Å². The third-order valence-corrected chi connectivity index (χ3v) is 4.37. The monoisotopic (exact) mass is 329 g/mol. The lowest BCUT2D eigenvalue weighted by atomic mass is 10.0. The molecule has 0 heterocycles. The molecule has 0 saturated carbocycles. The van der Waals surface area contributed by atoms with E-state index < -0.39 is 0 Å². The molecule has 2 rings (SSSR count). The molecule has 0 spiro atoms. The van der Waals surface area contributed by atoms with Crippen LogP contribution in [0.2, 0.25) is 0 Å². The van der Waals surface area contributed by atoms with Gasteiger partial charge in [-0.25, -0.2) is 0 Å². The van der Waals surface area contributed by atoms with Crippen molar-refractivity contribution in [2.24, 2.45) is 0 Å². The van der Waals surface area contributed by atoms with Gasteiger partial charge in [0.2, 0.25) is 0 Å². The van der Waals surface area contributed by atoms with Crippen LogP contribution in [0.25, 0.3) is 0 Å². The molecule has 0 saturated heterocycles. The minimum Gasteiger partial charge on any atom is -0.484 e. The predicted octanol–water partition coefficient (Wildman–Crippen LogP) is 4.10. The largest absolute Gasteiger partial charge is 0.484 e. The summed E-state index contributed by atoms with van der Waals surface area (Å²) in [6.07, 6.45) is 0. The van der Waals surface area contributed by atoms with Crippen LogP contribution < -0.4 is 10.1 Å². The molecule has 0 radical (unpaired) electrons. The Morgan fingerprint density at radius 3 is 2.43 bits per heavy atom. The number of carbonyl (C=O) groups is 1. The zero-order valence-electron chi connectivity index (χ0n) is 13.6. The maximum atomic E-state index is 11.8. The molecular formula is C19H23NO2S. The van der Waals surface area contributed by atoms with Gasteiger partial charge in [-0.1, -0.05) is 44.2 Å². The fourth-order valence-corrected chi connectivity index (χ4v) is 2.81. The van der Waals surface area contributed by atoms with Crippen molar-refractivity contribution < 1.29 is 9.53 Å². The van der Waals surface area contributed by atoms with Crippen molar-refractivity contribution in [3.63, 3.8) is 0 Å². The van der Waals surface area contributed by atoms with Crippen molar-refractivity contribution >= 4 is 17.7 Å². The predicted molar refractivity (Wildman–Crippen MR) is 96.2 cm³/mol. The number of ether oxygens (including phenoxy) is 1. The smallest absolute Gasteiger partial charge is 0.257 e. The quantitative estimate of drug-likeness (QED) is 0.585. The van der Waals surface area contributed by atoms with Crippen LogP contribution in [0.3, 0.4) is 0 Å². The molecular weight excluding hydrogens is 306 g/mol. The minimum atomic E-state index is -0.0911. The van der Waals surface area contributed by atoms with Gasteiger partial charge in [-0.05, 0) is 35.7 Å². The molecule has 122 valence electrons. The van der Waals surface area contributed by atoms with Crippen molar-refractivity contribution in [1.29, 1.82) is 0 Å². The molecule has 0 aliphatic rings. The maximum Gasteiger partial charge on any atom is 0.257 e. The van der Waals surface area contributed by atoms with E-state index in [1.54, 1.807) is 11.8 Å². The Balaban J connectivity index is 1.63. The average Bonchev–Trinajstić information content (AvgIpc) is 2.58. The first-order valence-corrected chi connectivity index (χ1v) is 8.81. The fraction of sp³-hybridized carbons (Fsp3) is 0.316. The highest BCUT2D eigenvalue weighted by Crippen LogP contribution is 2.18. The molecule has 1 N–H and O–H groups in total. The number of carbonyl (C=O) groups excluding carboxylic acids is 1. The van der Waals surface area contributed by atoms with Gasteiger partial charge in [-0.2, -0.15) is 0 Å². The van der Waals surface area contributed by atoms with Crippen LogP contribution in [0, 0.1) is 0 Å². The van der Waals surface area contributed by atoms with Crippen LogP contribution in [-0.4, -0.2) is 24.8 Å². The van der Waals surface area contributed by atoms with Crippen molar-refractivity contribution in [1.82, 2.24) is 5.32 Å². The molecule has 0 bridgehead atoms. The summed E-state index contributed by atoms with van der Waals surface area (Å²) >= 11 is 1.73. The molecule has 0 aromatic heterocycles. The highest BCUT2D eigenvalue weighted by atomic mass is 32.2. The van der Waals surface area contributed by atoms with Crippen LogP contribution >= 0.6 is 11.8 Å². The van der Waals surface area contributed by atoms with Crippen LogP contribution in [-0.2, 0) is 4.79 Å². The van der Waals surface area contributed by atoms with Crippen molar-refractivity contribution in [3.8, 4) is 5.75 Å². The molecule has 0 unspecified atom stereocenters. The second kappa shape index (κ2) is 9.26. The first kappa shape index (κ1) is 17.4. The molecule has 0 atom stereocenters. The number of thioether (sulfide) groups is 1. The Morgan fingerprint density at radius 1 is 1.09 bits per heavy atom. The Kier molecular flexibility index (Phi) is 7.01. The van der Waals surface area contributed by atoms with E-state index in [4.69, 9.17) is 4.74 Å². The van der Waals surface area contributed by atoms with Crippen molar-refractivity contribution in [3.05, 3.63) is 60.2 Å². The van der Waals surface area contributed by atoms with Gasteiger partial charge in [0, 0.05) is 17.2 Å². The SMILES string of the molecule is CC(C)c1ccc(OCC(=O)NCCSc2ccccc2)cc1. The summed E-state index contributed by atoms with van der Waals surface area (Å²) < 4.78 is 5.50. The number of hydrogen-bond donors (Lipinski definition) is 1. The van der Waals surface area contributed by atoms with E-state index in [0.717, 1.165) is 11.5 Å². The standard InChI is InChI=1S/C19H23NO2S/c1-15(2)16-8-10-17(11-9-16)22-14-19(21)20-12-13-23-18-6-4-3-5-7-18/h3-11,15H,12-14H2,1-2H3,(H,20,21). The average molecular weight is 329 g/mol. The molecule has 23 heavy (non-hydrogen) atoms. The maximum absolute atomic E-state index is 11.8. The molecule has 2 aromatic rings. The lowest BCUT2D eigenvalue weighted by Crippen LogP contribution is -2.30. The summed E-state index contributed by atoms with van der Waals surface area (Å²) in [5.74, 6) is 1.98. The summed E-state index contributed by atoms with van der Waals surface area (Å²) in [6, 6.07) is 18.0. The zero-order chi connectivity index (χ0) is 16.5. The Labute approximate surface area is 142 Å². The van der Waals surface area contributed by atoms with Gasteiger partial charge in [0.25, 0.3) is 5.91 Å². The van der Waals surface area contributed by atoms with E-state index in [9.17, 15) is 4.79 Å². The van der Waals surface area contributed by atoms with Gasteiger partial charge < -0.3 is 10.1 Å². The first-order chi connectivity index (χ1) is 11.1. The van der Waals surface area contributed by atoms with Crippen LogP contribution in [0.1, 0.15) is 25.3 Å². The second-order valence-electron chi connectivity index (χ2n) is 5.52. The van der Waals surface area contributed by atoms with Gasteiger partial charge in [0.05, 0.1) is 0 Å². The van der Waals surface area contributed by atoms with E-state index >= 15 is 0 Å². The third kappa shape index (κ3) is 6.37. The van der Waals surface area contributed by atoms with Crippen molar-refractivity contribution in [2.45, 2.75) is 24.7 Å². The summed E-state index contributed by atoms with van der Waals surface area (Å²) in [5, 5.41) is 2.87. The third-order valence-electron chi connectivity index (χ3n) is 3.35. The van der Waals surface area contributed by atoms with E-state index in [1.165, 1.54) is 10.5 Å². The molecule has 0 aliphatic heterocycles. The number of rotatable bonds is 8. The van der Waals surface area contributed by atoms with Crippen LogP contribution in [0.4, 0.5) is 0 Å². The summed E-state index contributed by atoms with van der Waals surface area (Å²) in [6.45, 7) is 4.98. The molecule has 0 fully saturated rings. The Morgan fingerprint density at radius 2 is 1.78 bits per heavy atom. The van der Waals surface area contributed by atoms with Gasteiger partial charge >= 0.3 is 0 Å².